The van der Waals surface area contributed by atoms with Crippen molar-refractivity contribution in [2.45, 2.75) is 37.5 Å². The SMILES string of the molecule is CC1(C(=O)N2CCC(COCS(=O)(=O)c3ccc(O)cc3)CC2)CC1. The number of rotatable bonds is 6. The summed E-state index contributed by atoms with van der Waals surface area (Å²) in [6.07, 6.45) is 3.68. The summed E-state index contributed by atoms with van der Waals surface area (Å²) >= 11 is 0. The van der Waals surface area contributed by atoms with E-state index in [1.807, 2.05) is 11.8 Å². The molecule has 138 valence electrons. The predicted molar refractivity (Wildman–Crippen MR) is 92.8 cm³/mol. The molecule has 1 aromatic rings. The first-order valence-electron chi connectivity index (χ1n) is 8.69. The first kappa shape index (κ1) is 18.2. The van der Waals surface area contributed by atoms with Crippen molar-refractivity contribution in [3.63, 3.8) is 0 Å². The standard InChI is InChI=1S/C18H25NO5S/c1-18(8-9-18)17(21)19-10-6-14(7-11-19)12-24-13-25(22,23)16-4-2-15(20)3-5-16/h2-5,14,20H,6-13H2,1H3. The van der Waals surface area contributed by atoms with Crippen molar-refractivity contribution in [2.24, 2.45) is 11.3 Å². The third kappa shape index (κ3) is 4.33. The van der Waals surface area contributed by atoms with Gasteiger partial charge in [-0.3, -0.25) is 4.79 Å². The summed E-state index contributed by atoms with van der Waals surface area (Å²) in [5.74, 6) is 0.212. The lowest BCUT2D eigenvalue weighted by Gasteiger charge is -2.33. The zero-order chi connectivity index (χ0) is 18.1. The Balaban J connectivity index is 1.42. The van der Waals surface area contributed by atoms with Gasteiger partial charge in [-0.25, -0.2) is 8.42 Å². The zero-order valence-corrected chi connectivity index (χ0v) is 15.3. The van der Waals surface area contributed by atoms with Crippen molar-refractivity contribution >= 4 is 15.7 Å². The molecule has 0 atom stereocenters. The Morgan fingerprint density at radius 1 is 1.24 bits per heavy atom. The summed E-state index contributed by atoms with van der Waals surface area (Å²) in [6.45, 7) is 3.87. The Labute approximate surface area is 148 Å². The zero-order valence-electron chi connectivity index (χ0n) is 14.5. The molecule has 1 aliphatic heterocycles. The van der Waals surface area contributed by atoms with Crippen molar-refractivity contribution in [3.05, 3.63) is 24.3 Å². The Morgan fingerprint density at radius 3 is 2.40 bits per heavy atom. The molecule has 7 heteroatoms. The smallest absolute Gasteiger partial charge is 0.228 e. The van der Waals surface area contributed by atoms with Crippen LogP contribution in [0.25, 0.3) is 0 Å². The molecule has 1 saturated heterocycles. The predicted octanol–water partition coefficient (Wildman–Crippen LogP) is 2.18. The molecule has 1 aliphatic carbocycles. The summed E-state index contributed by atoms with van der Waals surface area (Å²) in [5, 5.41) is 9.23. The lowest BCUT2D eigenvalue weighted by atomic mass is 9.96. The summed E-state index contributed by atoms with van der Waals surface area (Å²) in [7, 11) is -3.51. The van der Waals surface area contributed by atoms with Crippen molar-refractivity contribution in [3.8, 4) is 5.75 Å². The van der Waals surface area contributed by atoms with Crippen LogP contribution in [0.5, 0.6) is 5.75 Å². The molecule has 25 heavy (non-hydrogen) atoms. The van der Waals surface area contributed by atoms with Gasteiger partial charge in [0.15, 0.2) is 5.94 Å². The Kier molecular flexibility index (Phi) is 5.06. The minimum atomic E-state index is -3.51. The average molecular weight is 367 g/mol. The number of sulfone groups is 1. The van der Waals surface area contributed by atoms with E-state index < -0.39 is 9.84 Å². The van der Waals surface area contributed by atoms with Crippen LogP contribution in [0.4, 0.5) is 0 Å². The van der Waals surface area contributed by atoms with E-state index in [1.165, 1.54) is 24.3 Å². The van der Waals surface area contributed by atoms with Gasteiger partial charge in [-0.15, -0.1) is 0 Å². The molecule has 1 aromatic carbocycles. The first-order chi connectivity index (χ1) is 11.8. The second-order valence-corrected chi connectivity index (χ2v) is 9.33. The molecule has 0 radical (unpaired) electrons. The summed E-state index contributed by atoms with van der Waals surface area (Å²) in [4.78, 5) is 14.4. The van der Waals surface area contributed by atoms with E-state index in [1.54, 1.807) is 0 Å². The first-order valence-corrected chi connectivity index (χ1v) is 10.3. The minimum Gasteiger partial charge on any atom is -0.508 e. The average Bonchev–Trinajstić information content (AvgIpc) is 3.34. The topological polar surface area (TPSA) is 83.9 Å². The number of piperidine rings is 1. The Bertz CT molecular complexity index is 716. The van der Waals surface area contributed by atoms with Crippen LogP contribution in [-0.2, 0) is 19.4 Å². The van der Waals surface area contributed by atoms with E-state index in [-0.39, 0.29) is 33.8 Å². The van der Waals surface area contributed by atoms with Crippen LogP contribution in [0.2, 0.25) is 0 Å². The lowest BCUT2D eigenvalue weighted by molar-refractivity contribution is -0.138. The van der Waals surface area contributed by atoms with E-state index in [2.05, 4.69) is 0 Å². The Hall–Kier alpha value is -1.60. The van der Waals surface area contributed by atoms with Crippen molar-refractivity contribution < 1.29 is 23.1 Å². The van der Waals surface area contributed by atoms with Crippen LogP contribution in [0.1, 0.15) is 32.6 Å². The number of hydrogen-bond donors (Lipinski definition) is 1. The molecule has 0 bridgehead atoms. The van der Waals surface area contributed by atoms with Gasteiger partial charge in [-0.2, -0.15) is 0 Å². The normalized spacial score (nSPS) is 20.4. The second kappa shape index (κ2) is 6.96. The van der Waals surface area contributed by atoms with Gasteiger partial charge < -0.3 is 14.7 Å². The molecular formula is C18H25NO5S. The van der Waals surface area contributed by atoms with Gasteiger partial charge in [0.2, 0.25) is 15.7 Å². The fraction of sp³-hybridized carbons (Fsp3) is 0.611. The molecule has 2 fully saturated rings. The Morgan fingerprint density at radius 2 is 1.84 bits per heavy atom. The number of nitrogens with zero attached hydrogens (tertiary/aromatic N) is 1. The van der Waals surface area contributed by atoms with Gasteiger partial charge in [0.25, 0.3) is 0 Å². The maximum absolute atomic E-state index is 12.3. The van der Waals surface area contributed by atoms with Crippen LogP contribution in [0.3, 0.4) is 0 Å². The highest BCUT2D eigenvalue weighted by Gasteiger charge is 2.47. The van der Waals surface area contributed by atoms with E-state index in [4.69, 9.17) is 4.74 Å². The largest absolute Gasteiger partial charge is 0.508 e. The van der Waals surface area contributed by atoms with Gasteiger partial charge in [-0.1, -0.05) is 6.92 Å². The summed E-state index contributed by atoms with van der Waals surface area (Å²) in [5.41, 5.74) is -0.123. The maximum Gasteiger partial charge on any atom is 0.228 e. The molecule has 1 heterocycles. The molecule has 1 amide bonds. The van der Waals surface area contributed by atoms with E-state index in [0.29, 0.717) is 6.61 Å². The highest BCUT2D eigenvalue weighted by molar-refractivity contribution is 7.91. The minimum absolute atomic E-state index is 0.0289. The van der Waals surface area contributed by atoms with Crippen molar-refractivity contribution in [2.75, 3.05) is 25.6 Å². The van der Waals surface area contributed by atoms with Crippen molar-refractivity contribution in [1.82, 2.24) is 4.90 Å². The molecule has 1 N–H and O–H groups in total. The number of likely N-dealkylation sites (tertiary alicyclic amines) is 1. The molecule has 1 saturated carbocycles. The number of hydrogen-bond acceptors (Lipinski definition) is 5. The van der Waals surface area contributed by atoms with Gasteiger partial charge >= 0.3 is 0 Å². The fourth-order valence-corrected chi connectivity index (χ4v) is 4.13. The molecular weight excluding hydrogens is 342 g/mol. The van der Waals surface area contributed by atoms with E-state index >= 15 is 0 Å². The lowest BCUT2D eigenvalue weighted by Crippen LogP contribution is -2.42. The number of phenolic OH excluding ortho intramolecular Hbond substituents is 1. The molecule has 0 spiro atoms. The number of carbonyl (C=O) groups is 1. The van der Waals surface area contributed by atoms with Gasteiger partial charge in [-0.05, 0) is 55.9 Å². The number of amides is 1. The van der Waals surface area contributed by atoms with Crippen molar-refractivity contribution in [1.29, 1.82) is 0 Å². The molecule has 6 nitrogen and oxygen atoms in total. The van der Waals surface area contributed by atoms with Crippen LogP contribution in [0.15, 0.2) is 29.2 Å². The molecule has 3 rings (SSSR count). The van der Waals surface area contributed by atoms with Crippen LogP contribution in [-0.4, -0.2) is 50.0 Å². The maximum atomic E-state index is 12.3. The molecule has 2 aliphatic rings. The third-order valence-corrected chi connectivity index (χ3v) is 6.67. The molecule has 0 aromatic heterocycles. The number of benzene rings is 1. The van der Waals surface area contributed by atoms with E-state index in [9.17, 15) is 18.3 Å². The highest BCUT2D eigenvalue weighted by Crippen LogP contribution is 2.46. The van der Waals surface area contributed by atoms with Gasteiger partial charge in [0.1, 0.15) is 5.75 Å². The summed E-state index contributed by atoms with van der Waals surface area (Å²) < 4.78 is 29.8. The molecule has 0 unspecified atom stereocenters. The monoisotopic (exact) mass is 367 g/mol. The number of ether oxygens (including phenoxy) is 1. The quantitative estimate of drug-likeness (QED) is 0.833. The van der Waals surface area contributed by atoms with Gasteiger partial charge in [0, 0.05) is 18.5 Å². The fourth-order valence-electron chi connectivity index (χ4n) is 3.13. The number of carbonyl (C=O) groups excluding carboxylic acids is 1. The number of phenols is 1. The van der Waals surface area contributed by atoms with E-state index in [0.717, 1.165) is 38.8 Å². The second-order valence-electron chi connectivity index (χ2n) is 7.39. The van der Waals surface area contributed by atoms with Crippen LogP contribution >= 0.6 is 0 Å². The highest BCUT2D eigenvalue weighted by atomic mass is 32.2. The third-order valence-electron chi connectivity index (χ3n) is 5.21. The van der Waals surface area contributed by atoms with Crippen LogP contribution in [0, 0.1) is 11.3 Å². The van der Waals surface area contributed by atoms with Gasteiger partial charge in [0.05, 0.1) is 11.5 Å². The number of aromatic hydroxyl groups is 1. The van der Waals surface area contributed by atoms with Crippen LogP contribution < -0.4 is 0 Å². The summed E-state index contributed by atoms with van der Waals surface area (Å²) in [6, 6.07) is 5.44.